The highest BCUT2D eigenvalue weighted by atomic mass is 35.5. The van der Waals surface area contributed by atoms with Gasteiger partial charge in [-0.1, -0.05) is 29.3 Å². The molecular weight excluding hydrogens is 309 g/mol. The molecule has 0 unspecified atom stereocenters. The maximum absolute atomic E-state index is 12.3. The second-order valence-electron chi connectivity index (χ2n) is 3.97. The Labute approximate surface area is 121 Å². The predicted molar refractivity (Wildman–Crippen MR) is 75.3 cm³/mol. The highest BCUT2D eigenvalue weighted by Crippen LogP contribution is 2.31. The summed E-state index contributed by atoms with van der Waals surface area (Å²) in [7, 11) is -3.86. The quantitative estimate of drug-likeness (QED) is 0.912. The first-order valence-electron chi connectivity index (χ1n) is 5.31. The molecule has 1 heterocycles. The van der Waals surface area contributed by atoms with Crippen molar-refractivity contribution in [2.24, 2.45) is 0 Å². The van der Waals surface area contributed by atoms with Crippen LogP contribution >= 0.6 is 23.2 Å². The molecule has 0 saturated carbocycles. The van der Waals surface area contributed by atoms with Crippen molar-refractivity contribution >= 4 is 38.9 Å². The molecule has 8 heteroatoms. The molecule has 2 N–H and O–H groups in total. The number of aromatic amines is 1. The van der Waals surface area contributed by atoms with Crippen molar-refractivity contribution in [3.05, 3.63) is 39.6 Å². The van der Waals surface area contributed by atoms with Gasteiger partial charge in [0, 0.05) is 0 Å². The van der Waals surface area contributed by atoms with Crippen LogP contribution in [0.5, 0.6) is 0 Å². The number of benzene rings is 1. The van der Waals surface area contributed by atoms with Crippen molar-refractivity contribution in [1.82, 2.24) is 10.2 Å². The van der Waals surface area contributed by atoms with Crippen molar-refractivity contribution in [3.63, 3.8) is 0 Å². The van der Waals surface area contributed by atoms with Gasteiger partial charge in [-0.05, 0) is 26.0 Å². The van der Waals surface area contributed by atoms with E-state index in [0.29, 0.717) is 17.1 Å². The first-order chi connectivity index (χ1) is 8.83. The average Bonchev–Trinajstić information content (AvgIpc) is 2.60. The fourth-order valence-corrected chi connectivity index (χ4v) is 3.95. The lowest BCUT2D eigenvalue weighted by Gasteiger charge is -2.10. The van der Waals surface area contributed by atoms with Gasteiger partial charge < -0.3 is 0 Å². The Bertz CT molecular complexity index is 686. The Morgan fingerprint density at radius 2 is 1.79 bits per heavy atom. The molecule has 0 saturated heterocycles. The Hall–Kier alpha value is -1.24. The van der Waals surface area contributed by atoms with Gasteiger partial charge in [-0.25, -0.2) is 8.42 Å². The van der Waals surface area contributed by atoms with E-state index in [2.05, 4.69) is 14.9 Å². The maximum atomic E-state index is 12.3. The van der Waals surface area contributed by atoms with Gasteiger partial charge in [0.05, 0.1) is 27.1 Å². The molecule has 5 nitrogen and oxygen atoms in total. The fraction of sp³-hybridized carbons (Fsp3) is 0.182. The monoisotopic (exact) mass is 319 g/mol. The minimum atomic E-state index is -3.86. The SMILES string of the molecule is Cc1n[nH]c(C)c1NS(=O)(=O)c1c(Cl)cccc1Cl. The summed E-state index contributed by atoms with van der Waals surface area (Å²) < 4.78 is 27.1. The third-order valence-corrected chi connectivity index (χ3v) is 4.86. The molecule has 19 heavy (non-hydrogen) atoms. The summed E-state index contributed by atoms with van der Waals surface area (Å²) in [5.41, 5.74) is 1.56. The molecule has 0 radical (unpaired) electrons. The van der Waals surface area contributed by atoms with E-state index in [9.17, 15) is 8.42 Å². The van der Waals surface area contributed by atoms with Gasteiger partial charge in [0.1, 0.15) is 4.90 Å². The van der Waals surface area contributed by atoms with E-state index in [1.54, 1.807) is 19.9 Å². The molecule has 2 rings (SSSR count). The van der Waals surface area contributed by atoms with Crippen LogP contribution in [0, 0.1) is 13.8 Å². The van der Waals surface area contributed by atoms with E-state index in [4.69, 9.17) is 23.2 Å². The van der Waals surface area contributed by atoms with Crippen LogP contribution in [0.25, 0.3) is 0 Å². The van der Waals surface area contributed by atoms with E-state index in [1.807, 2.05) is 0 Å². The summed E-state index contributed by atoms with van der Waals surface area (Å²) in [6.07, 6.45) is 0. The normalized spacial score (nSPS) is 11.6. The Morgan fingerprint density at radius 1 is 1.21 bits per heavy atom. The van der Waals surface area contributed by atoms with Crippen LogP contribution in [0.3, 0.4) is 0 Å². The zero-order valence-corrected chi connectivity index (χ0v) is 12.5. The Balaban J connectivity index is 2.50. The number of anilines is 1. The highest BCUT2D eigenvalue weighted by Gasteiger charge is 2.23. The van der Waals surface area contributed by atoms with Crippen LogP contribution in [-0.4, -0.2) is 18.6 Å². The molecule has 102 valence electrons. The first kappa shape index (κ1) is 14.2. The van der Waals surface area contributed by atoms with E-state index in [0.717, 1.165) is 0 Å². The van der Waals surface area contributed by atoms with Gasteiger partial charge in [0.15, 0.2) is 0 Å². The highest BCUT2D eigenvalue weighted by molar-refractivity contribution is 7.93. The van der Waals surface area contributed by atoms with Crippen LogP contribution in [-0.2, 0) is 10.0 Å². The standard InChI is InChI=1S/C11H11Cl2N3O2S/c1-6-10(7(2)15-14-6)16-19(17,18)11-8(12)4-3-5-9(11)13/h3-5,16H,1-2H3,(H,14,15). The van der Waals surface area contributed by atoms with Crippen LogP contribution in [0.15, 0.2) is 23.1 Å². The molecule has 0 spiro atoms. The molecule has 0 aliphatic rings. The number of rotatable bonds is 3. The third-order valence-electron chi connectivity index (χ3n) is 2.55. The Morgan fingerprint density at radius 3 is 2.26 bits per heavy atom. The Kier molecular flexibility index (Phi) is 3.75. The van der Waals surface area contributed by atoms with Crippen LogP contribution in [0.4, 0.5) is 5.69 Å². The summed E-state index contributed by atoms with van der Waals surface area (Å²) in [6, 6.07) is 4.52. The number of nitrogens with zero attached hydrogens (tertiary/aromatic N) is 1. The zero-order valence-electron chi connectivity index (χ0n) is 10.2. The van der Waals surface area contributed by atoms with Gasteiger partial charge in [0.2, 0.25) is 0 Å². The lowest BCUT2D eigenvalue weighted by atomic mass is 10.3. The first-order valence-corrected chi connectivity index (χ1v) is 7.55. The summed E-state index contributed by atoms with van der Waals surface area (Å²) in [6.45, 7) is 3.40. The van der Waals surface area contributed by atoms with Gasteiger partial charge in [-0.2, -0.15) is 5.10 Å². The average molecular weight is 320 g/mol. The summed E-state index contributed by atoms with van der Waals surface area (Å²) in [4.78, 5) is -0.140. The number of hydrogen-bond donors (Lipinski definition) is 2. The van der Waals surface area contributed by atoms with Gasteiger partial charge in [0.25, 0.3) is 10.0 Å². The molecule has 0 aliphatic heterocycles. The van der Waals surface area contributed by atoms with Crippen LogP contribution < -0.4 is 4.72 Å². The number of halogens is 2. The topological polar surface area (TPSA) is 74.8 Å². The van der Waals surface area contributed by atoms with Crippen molar-refractivity contribution in [1.29, 1.82) is 0 Å². The lowest BCUT2D eigenvalue weighted by molar-refractivity contribution is 0.601. The molecule has 0 bridgehead atoms. The van der Waals surface area contributed by atoms with Crippen molar-refractivity contribution in [3.8, 4) is 0 Å². The van der Waals surface area contributed by atoms with Crippen molar-refractivity contribution in [2.45, 2.75) is 18.7 Å². The maximum Gasteiger partial charge on any atom is 0.264 e. The van der Waals surface area contributed by atoms with Gasteiger partial charge in [-0.3, -0.25) is 9.82 Å². The second-order valence-corrected chi connectivity index (χ2v) is 6.40. The number of hydrogen-bond acceptors (Lipinski definition) is 3. The molecule has 0 fully saturated rings. The van der Waals surface area contributed by atoms with E-state index >= 15 is 0 Å². The molecule has 1 aromatic carbocycles. The van der Waals surface area contributed by atoms with Crippen molar-refractivity contribution < 1.29 is 8.42 Å². The van der Waals surface area contributed by atoms with E-state index in [1.165, 1.54) is 12.1 Å². The number of aromatic nitrogens is 2. The fourth-order valence-electron chi connectivity index (χ4n) is 1.63. The molecule has 0 amide bonds. The second kappa shape index (κ2) is 5.03. The van der Waals surface area contributed by atoms with Gasteiger partial charge in [-0.15, -0.1) is 0 Å². The third kappa shape index (κ3) is 2.70. The predicted octanol–water partition coefficient (Wildman–Crippen LogP) is 3.13. The molecule has 0 aliphatic carbocycles. The van der Waals surface area contributed by atoms with Gasteiger partial charge >= 0.3 is 0 Å². The summed E-state index contributed by atoms with van der Waals surface area (Å²) >= 11 is 11.8. The van der Waals surface area contributed by atoms with E-state index in [-0.39, 0.29) is 14.9 Å². The lowest BCUT2D eigenvalue weighted by Crippen LogP contribution is -2.15. The van der Waals surface area contributed by atoms with Crippen molar-refractivity contribution in [2.75, 3.05) is 4.72 Å². The van der Waals surface area contributed by atoms with E-state index < -0.39 is 10.0 Å². The molecular formula is C11H11Cl2N3O2S. The minimum Gasteiger partial charge on any atom is -0.280 e. The number of nitrogens with one attached hydrogen (secondary N) is 2. The summed E-state index contributed by atoms with van der Waals surface area (Å²) in [5, 5.41) is 6.75. The largest absolute Gasteiger partial charge is 0.280 e. The summed E-state index contributed by atoms with van der Waals surface area (Å²) in [5.74, 6) is 0. The van der Waals surface area contributed by atoms with Crippen LogP contribution in [0.2, 0.25) is 10.0 Å². The van der Waals surface area contributed by atoms with Crippen LogP contribution in [0.1, 0.15) is 11.4 Å². The number of H-pyrrole nitrogens is 1. The molecule has 1 aromatic heterocycles. The number of sulfonamides is 1. The molecule has 0 atom stereocenters. The molecule has 2 aromatic rings. The smallest absolute Gasteiger partial charge is 0.264 e. The zero-order chi connectivity index (χ0) is 14.2. The number of aryl methyl sites for hydroxylation is 2. The minimum absolute atomic E-state index is 0.0683.